The van der Waals surface area contributed by atoms with Crippen molar-refractivity contribution in [2.45, 2.75) is 12.6 Å². The number of hydrogen-bond acceptors (Lipinski definition) is 7. The number of esters is 1. The molecule has 0 N–H and O–H groups in total. The maximum atomic E-state index is 12.1. The molecule has 1 aromatic heterocycles. The van der Waals surface area contributed by atoms with Crippen LogP contribution in [0.15, 0.2) is 12.4 Å². The lowest BCUT2D eigenvalue weighted by Gasteiger charge is -2.21. The fourth-order valence-electron chi connectivity index (χ4n) is 1.78. The van der Waals surface area contributed by atoms with Gasteiger partial charge in [0.15, 0.2) is 0 Å². The highest BCUT2D eigenvalue weighted by atomic mass is 32.2. The normalized spacial score (nSPS) is 18.1. The number of carbonyl (C=O) groups excluding carboxylic acids is 2. The summed E-state index contributed by atoms with van der Waals surface area (Å²) in [6.07, 6.45) is 2.25. The van der Waals surface area contributed by atoms with Gasteiger partial charge >= 0.3 is 11.7 Å². The second-order valence-corrected chi connectivity index (χ2v) is 5.06. The molecular formula is C10H12N4O5S. The Balaban J connectivity index is 2.03. The minimum absolute atomic E-state index is 0.151. The first-order chi connectivity index (χ1) is 9.52. The predicted molar refractivity (Wildman–Crippen MR) is 68.9 cm³/mol. The summed E-state index contributed by atoms with van der Waals surface area (Å²) in [4.78, 5) is 35.0. The Morgan fingerprint density at radius 1 is 1.65 bits per heavy atom. The summed E-state index contributed by atoms with van der Waals surface area (Å²) in [6, 6.07) is -0.608. The Morgan fingerprint density at radius 2 is 2.40 bits per heavy atom. The van der Waals surface area contributed by atoms with Gasteiger partial charge in [0.1, 0.15) is 25.0 Å². The SMILES string of the molecule is COC(=O)C1CSCN1C(=O)Cn1cc([N+](=O)[O-])cn1. The molecule has 20 heavy (non-hydrogen) atoms. The molecule has 1 aromatic rings. The zero-order valence-electron chi connectivity index (χ0n) is 10.6. The average Bonchev–Trinajstić information content (AvgIpc) is 3.06. The number of aromatic nitrogens is 2. The third kappa shape index (κ3) is 2.90. The van der Waals surface area contributed by atoms with Crippen LogP contribution in [0, 0.1) is 10.1 Å². The molecule has 0 bridgehead atoms. The summed E-state index contributed by atoms with van der Waals surface area (Å²) in [5, 5.41) is 14.3. The van der Waals surface area contributed by atoms with Crippen molar-refractivity contribution in [3.63, 3.8) is 0 Å². The van der Waals surface area contributed by atoms with E-state index in [0.717, 1.165) is 6.20 Å². The number of nitro groups is 1. The van der Waals surface area contributed by atoms with Gasteiger partial charge in [0.05, 0.1) is 17.9 Å². The summed E-state index contributed by atoms with van der Waals surface area (Å²) in [7, 11) is 1.27. The molecule has 108 valence electrons. The highest BCUT2D eigenvalue weighted by Gasteiger charge is 2.35. The lowest BCUT2D eigenvalue weighted by atomic mass is 10.3. The molecule has 1 aliphatic heterocycles. The lowest BCUT2D eigenvalue weighted by Crippen LogP contribution is -2.43. The van der Waals surface area contributed by atoms with Crippen molar-refractivity contribution >= 4 is 29.3 Å². The van der Waals surface area contributed by atoms with Gasteiger partial charge in [-0.05, 0) is 0 Å². The van der Waals surface area contributed by atoms with Crippen LogP contribution in [0.1, 0.15) is 0 Å². The van der Waals surface area contributed by atoms with Gasteiger partial charge in [-0.2, -0.15) is 5.10 Å². The monoisotopic (exact) mass is 300 g/mol. The van der Waals surface area contributed by atoms with Crippen LogP contribution in [0.2, 0.25) is 0 Å². The number of amides is 1. The molecule has 1 saturated heterocycles. The van der Waals surface area contributed by atoms with Crippen LogP contribution in [0.5, 0.6) is 0 Å². The first-order valence-electron chi connectivity index (χ1n) is 5.65. The highest BCUT2D eigenvalue weighted by Crippen LogP contribution is 2.22. The van der Waals surface area contributed by atoms with Crippen molar-refractivity contribution in [3.8, 4) is 0 Å². The molecule has 9 nitrogen and oxygen atoms in total. The van der Waals surface area contributed by atoms with E-state index < -0.39 is 16.9 Å². The number of hydrogen-bond donors (Lipinski definition) is 0. The number of carbonyl (C=O) groups is 2. The Labute approximate surface area is 118 Å². The molecule has 1 unspecified atom stereocenters. The van der Waals surface area contributed by atoms with E-state index in [0.29, 0.717) is 11.6 Å². The molecule has 0 radical (unpaired) electrons. The van der Waals surface area contributed by atoms with E-state index in [1.807, 2.05) is 0 Å². The molecule has 0 aliphatic carbocycles. The third-order valence-electron chi connectivity index (χ3n) is 2.80. The summed E-state index contributed by atoms with van der Waals surface area (Å²) in [5.41, 5.74) is -0.182. The number of ether oxygens (including phenoxy) is 1. The second kappa shape index (κ2) is 5.90. The molecule has 2 heterocycles. The van der Waals surface area contributed by atoms with Crippen molar-refractivity contribution in [1.29, 1.82) is 0 Å². The van der Waals surface area contributed by atoms with Gasteiger partial charge in [0, 0.05) is 5.75 Å². The van der Waals surface area contributed by atoms with Gasteiger partial charge < -0.3 is 9.64 Å². The van der Waals surface area contributed by atoms with Crippen molar-refractivity contribution in [1.82, 2.24) is 14.7 Å². The number of thioether (sulfide) groups is 1. The van der Waals surface area contributed by atoms with Crippen LogP contribution in [0.4, 0.5) is 5.69 Å². The van der Waals surface area contributed by atoms with E-state index >= 15 is 0 Å². The molecule has 1 amide bonds. The molecule has 2 rings (SSSR count). The highest BCUT2D eigenvalue weighted by molar-refractivity contribution is 7.99. The van der Waals surface area contributed by atoms with Crippen molar-refractivity contribution in [3.05, 3.63) is 22.5 Å². The van der Waals surface area contributed by atoms with Gasteiger partial charge in [0.2, 0.25) is 5.91 Å². The van der Waals surface area contributed by atoms with Gasteiger partial charge in [-0.1, -0.05) is 0 Å². The second-order valence-electron chi connectivity index (χ2n) is 4.06. The van der Waals surface area contributed by atoms with E-state index in [-0.39, 0.29) is 18.1 Å². The molecule has 1 atom stereocenters. The Morgan fingerprint density at radius 3 is 3.00 bits per heavy atom. The van der Waals surface area contributed by atoms with E-state index in [1.165, 1.54) is 34.7 Å². The standard InChI is InChI=1S/C10H12N4O5S/c1-19-10(16)8-5-20-6-13(8)9(15)4-12-3-7(2-11-12)14(17)18/h2-3,8H,4-6H2,1H3. The fourth-order valence-corrected chi connectivity index (χ4v) is 2.95. The van der Waals surface area contributed by atoms with Crippen molar-refractivity contribution in [2.75, 3.05) is 18.7 Å². The largest absolute Gasteiger partial charge is 0.467 e. The van der Waals surface area contributed by atoms with E-state index in [2.05, 4.69) is 9.84 Å². The smallest absolute Gasteiger partial charge is 0.329 e. The molecule has 0 saturated carbocycles. The fraction of sp³-hybridized carbons (Fsp3) is 0.500. The predicted octanol–water partition coefficient (Wildman–Crippen LogP) is -0.134. The zero-order valence-corrected chi connectivity index (χ0v) is 11.4. The quantitative estimate of drug-likeness (QED) is 0.433. The Hall–Kier alpha value is -2.10. The molecule has 1 aliphatic rings. The number of methoxy groups -OCH3 is 1. The van der Waals surface area contributed by atoms with Crippen LogP contribution in [-0.2, 0) is 20.9 Å². The summed E-state index contributed by atoms with van der Waals surface area (Å²) in [5.74, 6) is 0.0813. The molecular weight excluding hydrogens is 288 g/mol. The average molecular weight is 300 g/mol. The lowest BCUT2D eigenvalue weighted by molar-refractivity contribution is -0.385. The molecule has 10 heteroatoms. The van der Waals surface area contributed by atoms with Gasteiger partial charge in [-0.15, -0.1) is 11.8 Å². The van der Waals surface area contributed by atoms with Crippen molar-refractivity contribution < 1.29 is 19.2 Å². The van der Waals surface area contributed by atoms with Crippen LogP contribution >= 0.6 is 11.8 Å². The van der Waals surface area contributed by atoms with Gasteiger partial charge in [-0.3, -0.25) is 19.6 Å². The maximum Gasteiger partial charge on any atom is 0.329 e. The number of nitrogens with zero attached hydrogens (tertiary/aromatic N) is 4. The summed E-state index contributed by atoms with van der Waals surface area (Å²) >= 11 is 1.45. The Bertz CT molecular complexity index is 546. The van der Waals surface area contributed by atoms with Crippen LogP contribution in [0.3, 0.4) is 0 Å². The van der Waals surface area contributed by atoms with Crippen molar-refractivity contribution in [2.24, 2.45) is 0 Å². The molecule has 1 fully saturated rings. The van der Waals surface area contributed by atoms with Crippen LogP contribution in [-0.4, -0.2) is 56.3 Å². The minimum atomic E-state index is -0.608. The van der Waals surface area contributed by atoms with Crippen LogP contribution < -0.4 is 0 Å². The Kier molecular flexibility index (Phi) is 4.23. The minimum Gasteiger partial charge on any atom is -0.467 e. The van der Waals surface area contributed by atoms with E-state index in [1.54, 1.807) is 0 Å². The molecule has 0 aromatic carbocycles. The van der Waals surface area contributed by atoms with Crippen LogP contribution in [0.25, 0.3) is 0 Å². The summed E-state index contributed by atoms with van der Waals surface area (Å²) in [6.45, 7) is -0.151. The topological polar surface area (TPSA) is 108 Å². The maximum absolute atomic E-state index is 12.1. The summed E-state index contributed by atoms with van der Waals surface area (Å²) < 4.78 is 5.82. The first kappa shape index (κ1) is 14.3. The first-order valence-corrected chi connectivity index (χ1v) is 6.80. The zero-order chi connectivity index (χ0) is 14.7. The van der Waals surface area contributed by atoms with E-state index in [9.17, 15) is 19.7 Å². The van der Waals surface area contributed by atoms with E-state index in [4.69, 9.17) is 0 Å². The van der Waals surface area contributed by atoms with Gasteiger partial charge in [0.25, 0.3) is 0 Å². The molecule has 0 spiro atoms. The number of rotatable bonds is 4. The third-order valence-corrected chi connectivity index (χ3v) is 3.82. The van der Waals surface area contributed by atoms with Gasteiger partial charge in [-0.25, -0.2) is 4.79 Å².